The highest BCUT2D eigenvalue weighted by Crippen LogP contribution is 2.45. The maximum atomic E-state index is 11.2. The van der Waals surface area contributed by atoms with Gasteiger partial charge in [-0.1, -0.05) is 43.2 Å². The van der Waals surface area contributed by atoms with E-state index in [1.165, 1.54) is 10.2 Å². The number of aromatic nitrogens is 2. The van der Waals surface area contributed by atoms with Crippen LogP contribution >= 0.6 is 0 Å². The first-order chi connectivity index (χ1) is 9.63. The van der Waals surface area contributed by atoms with Gasteiger partial charge < -0.3 is 5.11 Å². The molecule has 0 unspecified atom stereocenters. The van der Waals surface area contributed by atoms with Crippen LogP contribution in [0.5, 0.6) is 0 Å². The molecule has 0 atom stereocenters. The maximum absolute atomic E-state index is 11.2. The lowest BCUT2D eigenvalue weighted by atomic mass is 9.76. The number of aromatic carboxylic acids is 1. The minimum atomic E-state index is -0.924. The molecule has 1 saturated carbocycles. The lowest BCUT2D eigenvalue weighted by molar-refractivity contribution is 0.0685. The van der Waals surface area contributed by atoms with E-state index < -0.39 is 5.97 Å². The van der Waals surface area contributed by atoms with Crippen molar-refractivity contribution < 1.29 is 9.90 Å². The van der Waals surface area contributed by atoms with Crippen LogP contribution < -0.4 is 0 Å². The molecule has 1 aliphatic rings. The minimum Gasteiger partial charge on any atom is -0.477 e. The Balaban J connectivity index is 2.12. The molecular weight excluding hydrogens is 252 g/mol. The number of carboxylic acids is 1. The van der Waals surface area contributed by atoms with Crippen molar-refractivity contribution in [1.82, 2.24) is 9.78 Å². The van der Waals surface area contributed by atoms with Gasteiger partial charge in [0.15, 0.2) is 0 Å². The average molecular weight is 270 g/mol. The standard InChI is InChI=1S/C16H18N2O2/c1-18-13(15(19)20)11-14(17-18)16(9-5-6-10-16)12-7-3-2-4-8-12/h2-4,7-8,11H,5-6,9-10H2,1H3,(H,19,20). The molecule has 4 heteroatoms. The Morgan fingerprint density at radius 1 is 1.25 bits per heavy atom. The van der Waals surface area contributed by atoms with Crippen molar-refractivity contribution in [2.45, 2.75) is 31.1 Å². The Bertz CT molecular complexity index is 625. The topological polar surface area (TPSA) is 55.1 Å². The first-order valence-electron chi connectivity index (χ1n) is 6.97. The number of aryl methyl sites for hydroxylation is 1. The van der Waals surface area contributed by atoms with Crippen LogP contribution in [0, 0.1) is 0 Å². The number of hydrogen-bond donors (Lipinski definition) is 1. The van der Waals surface area contributed by atoms with Crippen LogP contribution in [0.2, 0.25) is 0 Å². The second-order valence-electron chi connectivity index (χ2n) is 5.50. The van der Waals surface area contributed by atoms with Gasteiger partial charge in [0.25, 0.3) is 0 Å². The van der Waals surface area contributed by atoms with Crippen LogP contribution in [0.3, 0.4) is 0 Å². The van der Waals surface area contributed by atoms with Crippen molar-refractivity contribution >= 4 is 5.97 Å². The molecule has 20 heavy (non-hydrogen) atoms. The van der Waals surface area contributed by atoms with Crippen molar-refractivity contribution in [2.75, 3.05) is 0 Å². The van der Waals surface area contributed by atoms with E-state index in [4.69, 9.17) is 0 Å². The average Bonchev–Trinajstić information content (AvgIpc) is 3.07. The summed E-state index contributed by atoms with van der Waals surface area (Å²) in [6, 6.07) is 12.1. The van der Waals surface area contributed by atoms with E-state index in [0.717, 1.165) is 31.4 Å². The molecule has 0 spiro atoms. The van der Waals surface area contributed by atoms with Crippen molar-refractivity contribution in [3.8, 4) is 0 Å². The highest BCUT2D eigenvalue weighted by atomic mass is 16.4. The van der Waals surface area contributed by atoms with E-state index in [-0.39, 0.29) is 11.1 Å². The van der Waals surface area contributed by atoms with E-state index in [1.54, 1.807) is 13.1 Å². The molecule has 0 bridgehead atoms. The van der Waals surface area contributed by atoms with E-state index in [0.29, 0.717) is 0 Å². The van der Waals surface area contributed by atoms with Crippen LogP contribution in [0.25, 0.3) is 0 Å². The summed E-state index contributed by atoms with van der Waals surface area (Å²) in [5.41, 5.74) is 2.27. The summed E-state index contributed by atoms with van der Waals surface area (Å²) < 4.78 is 1.47. The normalized spacial score (nSPS) is 17.2. The predicted molar refractivity (Wildman–Crippen MR) is 75.9 cm³/mol. The van der Waals surface area contributed by atoms with Crippen LogP contribution in [0.1, 0.15) is 47.4 Å². The van der Waals surface area contributed by atoms with Crippen molar-refractivity contribution in [1.29, 1.82) is 0 Å². The quantitative estimate of drug-likeness (QED) is 0.932. The van der Waals surface area contributed by atoms with E-state index >= 15 is 0 Å². The Morgan fingerprint density at radius 3 is 2.45 bits per heavy atom. The summed E-state index contributed by atoms with van der Waals surface area (Å²) in [6.07, 6.45) is 4.39. The largest absolute Gasteiger partial charge is 0.477 e. The van der Waals surface area contributed by atoms with Crippen LogP contribution in [0.15, 0.2) is 36.4 Å². The monoisotopic (exact) mass is 270 g/mol. The molecule has 0 saturated heterocycles. The molecule has 1 aromatic heterocycles. The van der Waals surface area contributed by atoms with E-state index in [2.05, 4.69) is 17.2 Å². The number of carboxylic acid groups (broad SMARTS) is 1. The molecule has 0 aliphatic heterocycles. The summed E-state index contributed by atoms with van der Waals surface area (Å²) in [7, 11) is 1.70. The summed E-state index contributed by atoms with van der Waals surface area (Å²) in [6.45, 7) is 0. The highest BCUT2D eigenvalue weighted by Gasteiger charge is 2.40. The summed E-state index contributed by atoms with van der Waals surface area (Å²) in [5.74, 6) is -0.924. The smallest absolute Gasteiger partial charge is 0.354 e. The first-order valence-corrected chi connectivity index (χ1v) is 6.97. The molecule has 1 fully saturated rings. The zero-order valence-corrected chi connectivity index (χ0v) is 11.5. The molecule has 2 aromatic rings. The fraction of sp³-hybridized carbons (Fsp3) is 0.375. The lowest BCUT2D eigenvalue weighted by Crippen LogP contribution is -2.24. The van der Waals surface area contributed by atoms with Gasteiger partial charge >= 0.3 is 5.97 Å². The highest BCUT2D eigenvalue weighted by molar-refractivity contribution is 5.85. The van der Waals surface area contributed by atoms with Gasteiger partial charge in [-0.15, -0.1) is 0 Å². The van der Waals surface area contributed by atoms with Gasteiger partial charge in [-0.3, -0.25) is 4.68 Å². The zero-order chi connectivity index (χ0) is 14.2. The lowest BCUT2D eigenvalue weighted by Gasteiger charge is -2.27. The fourth-order valence-corrected chi connectivity index (χ4v) is 3.33. The molecule has 1 N–H and O–H groups in total. The Hall–Kier alpha value is -2.10. The molecule has 4 nitrogen and oxygen atoms in total. The summed E-state index contributed by atoms with van der Waals surface area (Å²) >= 11 is 0. The van der Waals surface area contributed by atoms with Gasteiger partial charge in [-0.05, 0) is 24.5 Å². The summed E-state index contributed by atoms with van der Waals surface area (Å²) in [4.78, 5) is 11.2. The first kappa shape index (κ1) is 12.9. The fourth-order valence-electron chi connectivity index (χ4n) is 3.33. The minimum absolute atomic E-state index is 0.118. The third kappa shape index (κ3) is 1.92. The molecule has 104 valence electrons. The molecule has 1 aliphatic carbocycles. The van der Waals surface area contributed by atoms with Crippen molar-refractivity contribution in [3.05, 3.63) is 53.3 Å². The number of hydrogen-bond acceptors (Lipinski definition) is 2. The Kier molecular flexibility index (Phi) is 3.08. The Morgan fingerprint density at radius 2 is 1.90 bits per heavy atom. The molecular formula is C16H18N2O2. The second kappa shape index (κ2) is 4.78. The van der Waals surface area contributed by atoms with Crippen LogP contribution in [0.4, 0.5) is 0 Å². The number of benzene rings is 1. The molecule has 0 radical (unpaired) electrons. The number of carbonyl (C=O) groups is 1. The summed E-state index contributed by atoms with van der Waals surface area (Å²) in [5, 5.41) is 13.7. The Labute approximate surface area is 118 Å². The van der Waals surface area contributed by atoms with Crippen molar-refractivity contribution in [2.24, 2.45) is 7.05 Å². The maximum Gasteiger partial charge on any atom is 0.354 e. The van der Waals surface area contributed by atoms with Gasteiger partial charge in [0, 0.05) is 12.5 Å². The molecule has 1 heterocycles. The van der Waals surface area contributed by atoms with Gasteiger partial charge in [0.1, 0.15) is 5.69 Å². The van der Waals surface area contributed by atoms with Gasteiger partial charge in [-0.25, -0.2) is 4.79 Å². The third-order valence-electron chi connectivity index (χ3n) is 4.37. The van der Waals surface area contributed by atoms with Gasteiger partial charge in [0.2, 0.25) is 0 Å². The van der Waals surface area contributed by atoms with E-state index in [1.807, 2.05) is 18.2 Å². The molecule has 0 amide bonds. The number of rotatable bonds is 3. The van der Waals surface area contributed by atoms with Gasteiger partial charge in [0.05, 0.1) is 5.69 Å². The molecule has 1 aromatic carbocycles. The third-order valence-corrected chi connectivity index (χ3v) is 4.37. The predicted octanol–water partition coefficient (Wildman–Crippen LogP) is 2.98. The van der Waals surface area contributed by atoms with Crippen molar-refractivity contribution in [3.63, 3.8) is 0 Å². The molecule has 3 rings (SSSR count). The van der Waals surface area contributed by atoms with Crippen LogP contribution in [-0.4, -0.2) is 20.9 Å². The zero-order valence-electron chi connectivity index (χ0n) is 11.5. The SMILES string of the molecule is Cn1nc(C2(c3ccccc3)CCCC2)cc1C(=O)O. The second-order valence-corrected chi connectivity index (χ2v) is 5.50. The van der Waals surface area contributed by atoms with E-state index in [9.17, 15) is 9.90 Å². The van der Waals surface area contributed by atoms with Gasteiger partial charge in [-0.2, -0.15) is 5.10 Å². The van der Waals surface area contributed by atoms with Crippen LogP contribution in [-0.2, 0) is 12.5 Å². The number of nitrogens with zero attached hydrogens (tertiary/aromatic N) is 2.